The van der Waals surface area contributed by atoms with Gasteiger partial charge in [-0.1, -0.05) is 29.8 Å². The summed E-state index contributed by atoms with van der Waals surface area (Å²) < 4.78 is 0. The van der Waals surface area contributed by atoms with E-state index in [1.165, 1.54) is 16.9 Å². The highest BCUT2D eigenvalue weighted by atomic mass is 32.1. The molecule has 3 N–H and O–H groups in total. The molecule has 1 saturated carbocycles. The van der Waals surface area contributed by atoms with Crippen LogP contribution in [-0.4, -0.2) is 16.4 Å². The van der Waals surface area contributed by atoms with Crippen molar-refractivity contribution in [2.24, 2.45) is 5.73 Å². The van der Waals surface area contributed by atoms with Gasteiger partial charge in [0.25, 0.3) is 0 Å². The number of nitrogens with one attached hydrogen (secondary N) is 1. The number of nitrogens with zero attached hydrogens (tertiary/aromatic N) is 1. The molecule has 4 nitrogen and oxygen atoms in total. The minimum absolute atomic E-state index is 0.127. The first kappa shape index (κ1) is 12.3. The van der Waals surface area contributed by atoms with Gasteiger partial charge in [0.1, 0.15) is 0 Å². The van der Waals surface area contributed by atoms with E-state index in [0.29, 0.717) is 5.13 Å². The summed E-state index contributed by atoms with van der Waals surface area (Å²) in [4.78, 5) is 16.2. The third-order valence-corrected chi connectivity index (χ3v) is 4.07. The molecular formula is C14H15N3OS. The van der Waals surface area contributed by atoms with Crippen molar-refractivity contribution in [3.63, 3.8) is 0 Å². The van der Waals surface area contributed by atoms with Gasteiger partial charge in [-0.3, -0.25) is 4.79 Å². The fraction of sp³-hybridized carbons (Fsp3) is 0.286. The van der Waals surface area contributed by atoms with Crippen LogP contribution in [0.15, 0.2) is 29.6 Å². The van der Waals surface area contributed by atoms with Crippen molar-refractivity contribution in [1.82, 2.24) is 4.98 Å². The van der Waals surface area contributed by atoms with Gasteiger partial charge in [-0.2, -0.15) is 0 Å². The predicted molar refractivity (Wildman–Crippen MR) is 77.1 cm³/mol. The van der Waals surface area contributed by atoms with Crippen LogP contribution in [0.2, 0.25) is 0 Å². The zero-order valence-electron chi connectivity index (χ0n) is 10.6. The molecule has 0 unspecified atom stereocenters. The van der Waals surface area contributed by atoms with Gasteiger partial charge < -0.3 is 11.1 Å². The molecule has 0 atom stereocenters. The number of hydrogen-bond acceptors (Lipinski definition) is 4. The summed E-state index contributed by atoms with van der Waals surface area (Å²) in [6.07, 6.45) is 1.52. The van der Waals surface area contributed by atoms with Crippen molar-refractivity contribution in [2.75, 3.05) is 5.32 Å². The van der Waals surface area contributed by atoms with Crippen LogP contribution in [0.4, 0.5) is 5.13 Å². The van der Waals surface area contributed by atoms with Crippen molar-refractivity contribution < 1.29 is 4.79 Å². The molecule has 98 valence electrons. The van der Waals surface area contributed by atoms with Crippen molar-refractivity contribution in [2.45, 2.75) is 25.3 Å². The molecule has 1 amide bonds. The van der Waals surface area contributed by atoms with E-state index in [1.807, 2.05) is 36.6 Å². The molecule has 1 aliphatic rings. The van der Waals surface area contributed by atoms with Crippen LogP contribution in [0.5, 0.6) is 0 Å². The summed E-state index contributed by atoms with van der Waals surface area (Å²) in [7, 11) is 0. The lowest BCUT2D eigenvalue weighted by molar-refractivity contribution is -0.118. The first-order valence-electron chi connectivity index (χ1n) is 6.20. The number of carbonyl (C=O) groups excluding carboxylic acids is 1. The number of amides is 1. The Morgan fingerprint density at radius 1 is 1.37 bits per heavy atom. The Bertz CT molecular complexity index is 614. The SMILES string of the molecule is Cc1ccc(-c2csc(NC(=O)C3(N)CC3)n2)cc1. The van der Waals surface area contributed by atoms with Gasteiger partial charge in [-0.25, -0.2) is 4.98 Å². The van der Waals surface area contributed by atoms with E-state index >= 15 is 0 Å². The maximum absolute atomic E-state index is 11.8. The molecule has 0 saturated heterocycles. The molecule has 0 spiro atoms. The third kappa shape index (κ3) is 2.52. The summed E-state index contributed by atoms with van der Waals surface area (Å²) in [5, 5.41) is 5.34. The second-order valence-corrected chi connectivity index (χ2v) is 5.87. The summed E-state index contributed by atoms with van der Waals surface area (Å²) in [6.45, 7) is 2.05. The Hall–Kier alpha value is -1.72. The number of aromatic nitrogens is 1. The molecule has 3 rings (SSSR count). The van der Waals surface area contributed by atoms with Crippen LogP contribution in [0.25, 0.3) is 11.3 Å². The standard InChI is InChI=1S/C14H15N3OS/c1-9-2-4-10(5-3-9)11-8-19-13(16-11)17-12(18)14(15)6-7-14/h2-5,8H,6-7,15H2,1H3,(H,16,17,18). The monoisotopic (exact) mass is 273 g/mol. The van der Waals surface area contributed by atoms with Gasteiger partial charge in [0.05, 0.1) is 11.2 Å². The Morgan fingerprint density at radius 2 is 2.05 bits per heavy atom. The molecular weight excluding hydrogens is 258 g/mol. The number of rotatable bonds is 3. The smallest absolute Gasteiger partial charge is 0.246 e. The number of nitrogens with two attached hydrogens (primary N) is 1. The number of thiazole rings is 1. The minimum atomic E-state index is -0.657. The summed E-state index contributed by atoms with van der Waals surface area (Å²) in [5.41, 5.74) is 8.32. The quantitative estimate of drug-likeness (QED) is 0.903. The van der Waals surface area contributed by atoms with Crippen LogP contribution in [0.1, 0.15) is 18.4 Å². The Labute approximate surface area is 115 Å². The second kappa shape index (κ2) is 4.43. The second-order valence-electron chi connectivity index (χ2n) is 5.01. The molecule has 1 aromatic carbocycles. The zero-order chi connectivity index (χ0) is 13.5. The molecule has 5 heteroatoms. The van der Waals surface area contributed by atoms with E-state index in [9.17, 15) is 4.79 Å². The first-order chi connectivity index (χ1) is 9.07. The number of aryl methyl sites for hydroxylation is 1. The minimum Gasteiger partial charge on any atom is -0.317 e. The zero-order valence-corrected chi connectivity index (χ0v) is 11.5. The van der Waals surface area contributed by atoms with E-state index in [2.05, 4.69) is 10.3 Å². The number of anilines is 1. The highest BCUT2D eigenvalue weighted by Gasteiger charge is 2.46. The summed E-state index contributed by atoms with van der Waals surface area (Å²) >= 11 is 1.42. The van der Waals surface area contributed by atoms with Gasteiger partial charge in [0.2, 0.25) is 5.91 Å². The van der Waals surface area contributed by atoms with Crippen LogP contribution in [0.3, 0.4) is 0 Å². The van der Waals surface area contributed by atoms with Crippen LogP contribution >= 0.6 is 11.3 Å². The van der Waals surface area contributed by atoms with Crippen molar-refractivity contribution in [3.05, 3.63) is 35.2 Å². The topological polar surface area (TPSA) is 68.0 Å². The largest absolute Gasteiger partial charge is 0.317 e. The van der Waals surface area contributed by atoms with Gasteiger partial charge >= 0.3 is 0 Å². The average molecular weight is 273 g/mol. The van der Waals surface area contributed by atoms with Crippen LogP contribution < -0.4 is 11.1 Å². The van der Waals surface area contributed by atoms with E-state index in [4.69, 9.17) is 5.73 Å². The van der Waals surface area contributed by atoms with Gasteiger partial charge in [0, 0.05) is 10.9 Å². The molecule has 0 bridgehead atoms. The predicted octanol–water partition coefficient (Wildman–Crippen LogP) is 2.55. The number of benzene rings is 1. The fourth-order valence-electron chi connectivity index (χ4n) is 1.77. The molecule has 1 fully saturated rings. The van der Waals surface area contributed by atoms with Crippen molar-refractivity contribution in [3.8, 4) is 11.3 Å². The lowest BCUT2D eigenvalue weighted by Gasteiger charge is -2.06. The maximum atomic E-state index is 11.8. The van der Waals surface area contributed by atoms with Crippen molar-refractivity contribution >= 4 is 22.4 Å². The summed E-state index contributed by atoms with van der Waals surface area (Å²) in [6, 6.07) is 8.15. The maximum Gasteiger partial charge on any atom is 0.246 e. The fourth-order valence-corrected chi connectivity index (χ4v) is 2.49. The van der Waals surface area contributed by atoms with Crippen LogP contribution in [-0.2, 0) is 4.79 Å². The van der Waals surface area contributed by atoms with E-state index < -0.39 is 5.54 Å². The lowest BCUT2D eigenvalue weighted by atomic mass is 10.1. The Morgan fingerprint density at radius 3 is 2.68 bits per heavy atom. The Balaban J connectivity index is 1.76. The van der Waals surface area contributed by atoms with Gasteiger partial charge in [0.15, 0.2) is 5.13 Å². The lowest BCUT2D eigenvalue weighted by Crippen LogP contribution is -2.37. The molecule has 1 heterocycles. The third-order valence-electron chi connectivity index (χ3n) is 3.31. The van der Waals surface area contributed by atoms with Crippen molar-refractivity contribution in [1.29, 1.82) is 0 Å². The van der Waals surface area contributed by atoms with E-state index in [0.717, 1.165) is 24.1 Å². The molecule has 19 heavy (non-hydrogen) atoms. The van der Waals surface area contributed by atoms with Gasteiger partial charge in [-0.15, -0.1) is 11.3 Å². The average Bonchev–Trinajstić information content (AvgIpc) is 2.98. The highest BCUT2D eigenvalue weighted by molar-refractivity contribution is 7.14. The molecule has 1 aliphatic carbocycles. The summed E-state index contributed by atoms with van der Waals surface area (Å²) in [5.74, 6) is -0.127. The molecule has 0 aliphatic heterocycles. The Kier molecular flexibility index (Phi) is 2.88. The van der Waals surface area contributed by atoms with E-state index in [1.54, 1.807) is 0 Å². The van der Waals surface area contributed by atoms with Crippen LogP contribution in [0, 0.1) is 6.92 Å². The first-order valence-corrected chi connectivity index (χ1v) is 7.08. The molecule has 0 radical (unpaired) electrons. The normalized spacial score (nSPS) is 16.1. The number of carbonyl (C=O) groups is 1. The molecule has 2 aromatic rings. The van der Waals surface area contributed by atoms with E-state index in [-0.39, 0.29) is 5.91 Å². The molecule has 1 aromatic heterocycles. The van der Waals surface area contributed by atoms with Gasteiger partial charge in [-0.05, 0) is 19.8 Å². The number of hydrogen-bond donors (Lipinski definition) is 2. The highest BCUT2D eigenvalue weighted by Crippen LogP contribution is 2.34.